The van der Waals surface area contributed by atoms with Gasteiger partial charge in [-0.05, 0) is 30.9 Å². The lowest BCUT2D eigenvalue weighted by Gasteiger charge is -2.31. The molecule has 1 fully saturated rings. The lowest BCUT2D eigenvalue weighted by atomic mass is 9.98. The normalized spacial score (nSPS) is 17.4. The van der Waals surface area contributed by atoms with Gasteiger partial charge in [0.05, 0.1) is 0 Å². The minimum Gasteiger partial charge on any atom is -0.450 e. The first-order valence-corrected chi connectivity index (χ1v) is 10.1. The molecule has 2 aromatic heterocycles. The van der Waals surface area contributed by atoms with Gasteiger partial charge in [-0.25, -0.2) is 18.4 Å². The predicted molar refractivity (Wildman–Crippen MR) is 97.1 cm³/mol. The summed E-state index contributed by atoms with van der Waals surface area (Å²) in [6.45, 7) is 0.138. The highest BCUT2D eigenvalue weighted by atomic mass is 32.2. The van der Waals surface area contributed by atoms with Crippen molar-refractivity contribution in [3.8, 4) is 0 Å². The van der Waals surface area contributed by atoms with Gasteiger partial charge in [0.15, 0.2) is 11.4 Å². The number of piperidine rings is 1. The predicted octanol–water partition coefficient (Wildman–Crippen LogP) is 3.35. The van der Waals surface area contributed by atoms with Crippen molar-refractivity contribution < 1.29 is 26.0 Å². The van der Waals surface area contributed by atoms with Gasteiger partial charge in [-0.15, -0.1) is 0 Å². The minimum atomic E-state index is -5.26. The number of hydrogen-bond acceptors (Lipinski definition) is 6. The smallest absolute Gasteiger partial charge is 0.450 e. The van der Waals surface area contributed by atoms with Gasteiger partial charge in [-0.1, -0.05) is 12.1 Å². The van der Waals surface area contributed by atoms with E-state index in [0.717, 1.165) is 5.39 Å². The lowest BCUT2D eigenvalue weighted by molar-refractivity contribution is -0.0496. The zero-order valence-electron chi connectivity index (χ0n) is 14.6. The van der Waals surface area contributed by atoms with E-state index in [1.165, 1.54) is 6.33 Å². The molecule has 3 aromatic rings. The van der Waals surface area contributed by atoms with Crippen LogP contribution >= 0.6 is 0 Å². The quantitative estimate of drug-likeness (QED) is 0.704. The van der Waals surface area contributed by atoms with Crippen LogP contribution in [0.15, 0.2) is 35.0 Å². The molecule has 28 heavy (non-hydrogen) atoms. The van der Waals surface area contributed by atoms with E-state index < -0.39 is 15.5 Å². The average Bonchev–Trinajstić information content (AvgIpc) is 3.05. The number of para-hydroxylation sites is 1. The molecule has 150 valence electrons. The Labute approximate surface area is 158 Å². The molecule has 11 heteroatoms. The van der Waals surface area contributed by atoms with Gasteiger partial charge in [0.2, 0.25) is 0 Å². The zero-order chi connectivity index (χ0) is 19.9. The van der Waals surface area contributed by atoms with Gasteiger partial charge in [0.25, 0.3) is 0 Å². The fourth-order valence-electron chi connectivity index (χ4n) is 3.39. The van der Waals surface area contributed by atoms with Crippen LogP contribution in [0.1, 0.15) is 12.8 Å². The van der Waals surface area contributed by atoms with Gasteiger partial charge in [0.1, 0.15) is 17.4 Å². The van der Waals surface area contributed by atoms with Crippen molar-refractivity contribution in [1.82, 2.24) is 14.3 Å². The van der Waals surface area contributed by atoms with Crippen LogP contribution in [-0.2, 0) is 10.0 Å². The Kier molecular flexibility index (Phi) is 4.66. The Morgan fingerprint density at radius 3 is 2.61 bits per heavy atom. The first-order chi connectivity index (χ1) is 13.3. The maximum Gasteiger partial charge on any atom is 0.511 e. The maximum atomic E-state index is 12.7. The summed E-state index contributed by atoms with van der Waals surface area (Å²) in [4.78, 5) is 8.46. The van der Waals surface area contributed by atoms with E-state index in [4.69, 9.17) is 4.42 Å². The van der Waals surface area contributed by atoms with Gasteiger partial charge < -0.3 is 9.73 Å². The Morgan fingerprint density at radius 2 is 1.89 bits per heavy atom. The summed E-state index contributed by atoms with van der Waals surface area (Å²) in [5.74, 6) is 0.528. The summed E-state index contributed by atoms with van der Waals surface area (Å²) < 4.78 is 67.3. The average molecular weight is 414 g/mol. The first-order valence-electron chi connectivity index (χ1n) is 8.70. The number of hydrogen-bond donors (Lipinski definition) is 1. The highest BCUT2D eigenvalue weighted by molar-refractivity contribution is 7.90. The molecule has 1 aromatic carbocycles. The van der Waals surface area contributed by atoms with Crippen LogP contribution in [0.25, 0.3) is 22.1 Å². The number of alkyl halides is 3. The Bertz CT molecular complexity index is 1110. The van der Waals surface area contributed by atoms with Crippen molar-refractivity contribution in [3.05, 3.63) is 30.6 Å². The lowest BCUT2D eigenvalue weighted by Crippen LogP contribution is -2.45. The summed E-state index contributed by atoms with van der Waals surface area (Å²) in [6, 6.07) is 7.47. The molecule has 0 bridgehead atoms. The molecule has 4 rings (SSSR count). The summed E-state index contributed by atoms with van der Waals surface area (Å²) >= 11 is 0. The number of halogens is 3. The van der Waals surface area contributed by atoms with Crippen molar-refractivity contribution in [2.75, 3.05) is 25.0 Å². The topological polar surface area (TPSA) is 88.3 Å². The largest absolute Gasteiger partial charge is 0.511 e. The van der Waals surface area contributed by atoms with Crippen LogP contribution in [0.4, 0.5) is 19.0 Å². The first kappa shape index (κ1) is 18.9. The van der Waals surface area contributed by atoms with Crippen LogP contribution in [0.5, 0.6) is 0 Å². The van der Waals surface area contributed by atoms with Gasteiger partial charge in [-0.3, -0.25) is 0 Å². The Balaban J connectivity index is 1.44. The van der Waals surface area contributed by atoms with E-state index in [-0.39, 0.29) is 19.0 Å². The number of furan rings is 1. The van der Waals surface area contributed by atoms with Gasteiger partial charge >= 0.3 is 15.5 Å². The van der Waals surface area contributed by atoms with Crippen molar-refractivity contribution in [2.24, 2.45) is 5.92 Å². The molecule has 3 heterocycles. The number of anilines is 1. The van der Waals surface area contributed by atoms with Crippen molar-refractivity contribution >= 4 is 37.9 Å². The molecule has 7 nitrogen and oxygen atoms in total. The van der Waals surface area contributed by atoms with Crippen LogP contribution in [0.3, 0.4) is 0 Å². The molecule has 0 radical (unpaired) electrons. The number of aromatic nitrogens is 2. The molecule has 0 amide bonds. The second-order valence-electron chi connectivity index (χ2n) is 6.67. The van der Waals surface area contributed by atoms with Crippen LogP contribution in [0, 0.1) is 5.92 Å². The van der Waals surface area contributed by atoms with E-state index in [1.807, 2.05) is 24.3 Å². The summed E-state index contributed by atoms with van der Waals surface area (Å²) in [7, 11) is -5.26. The van der Waals surface area contributed by atoms with Crippen molar-refractivity contribution in [3.63, 3.8) is 0 Å². The highest BCUT2D eigenvalue weighted by Gasteiger charge is 2.50. The third kappa shape index (κ3) is 3.28. The standard InChI is InChI=1S/C17H17F3N4O3S/c18-17(19,20)28(25,26)24-7-5-11(6-8-24)9-21-16-15-14(22-10-23-16)12-3-1-2-4-13(12)27-15/h1-4,10-11H,5-9H2,(H,21,22,23). The number of rotatable bonds is 4. The third-order valence-corrected chi connectivity index (χ3v) is 6.55. The summed E-state index contributed by atoms with van der Waals surface area (Å²) in [5, 5.41) is 4.04. The minimum absolute atomic E-state index is 0.0223. The van der Waals surface area contributed by atoms with Crippen LogP contribution < -0.4 is 5.32 Å². The molecule has 1 saturated heterocycles. The monoisotopic (exact) mass is 414 g/mol. The Morgan fingerprint density at radius 1 is 1.18 bits per heavy atom. The number of nitrogens with zero attached hydrogens (tertiary/aromatic N) is 3. The van der Waals surface area contributed by atoms with Gasteiger partial charge in [-0.2, -0.15) is 17.5 Å². The van der Waals surface area contributed by atoms with Gasteiger partial charge in [0, 0.05) is 25.0 Å². The fraction of sp³-hybridized carbons (Fsp3) is 0.412. The molecule has 1 aliphatic heterocycles. The molecule has 0 saturated carbocycles. The molecule has 0 unspecified atom stereocenters. The molecule has 0 spiro atoms. The molecular formula is C17H17F3N4O3S. The SMILES string of the molecule is O=S(=O)(N1CCC(CNc2ncnc3c2oc2ccccc23)CC1)C(F)(F)F. The van der Waals surface area contributed by atoms with Crippen molar-refractivity contribution in [2.45, 2.75) is 18.3 Å². The maximum absolute atomic E-state index is 12.7. The number of benzene rings is 1. The number of nitrogens with one attached hydrogen (secondary N) is 1. The molecule has 0 atom stereocenters. The van der Waals surface area contributed by atoms with E-state index in [9.17, 15) is 21.6 Å². The highest BCUT2D eigenvalue weighted by Crippen LogP contribution is 2.32. The summed E-state index contributed by atoms with van der Waals surface area (Å²) in [5.41, 5.74) is -3.38. The third-order valence-electron chi connectivity index (χ3n) is 4.92. The number of fused-ring (bicyclic) bond motifs is 3. The van der Waals surface area contributed by atoms with E-state index in [1.54, 1.807) is 0 Å². The van der Waals surface area contributed by atoms with Crippen LogP contribution in [-0.4, -0.2) is 47.8 Å². The van der Waals surface area contributed by atoms with Crippen molar-refractivity contribution in [1.29, 1.82) is 0 Å². The van der Waals surface area contributed by atoms with E-state index in [0.29, 0.717) is 46.2 Å². The molecular weight excluding hydrogens is 397 g/mol. The second kappa shape index (κ2) is 6.89. The summed E-state index contributed by atoms with van der Waals surface area (Å²) in [6.07, 6.45) is 2.08. The Hall–Kier alpha value is -2.40. The fourth-order valence-corrected chi connectivity index (χ4v) is 4.37. The number of sulfonamides is 1. The zero-order valence-corrected chi connectivity index (χ0v) is 15.4. The van der Waals surface area contributed by atoms with E-state index >= 15 is 0 Å². The molecule has 1 N–H and O–H groups in total. The molecule has 0 aliphatic carbocycles. The second-order valence-corrected chi connectivity index (χ2v) is 8.60. The molecule has 1 aliphatic rings. The van der Waals surface area contributed by atoms with E-state index in [2.05, 4.69) is 15.3 Å². The van der Waals surface area contributed by atoms with Crippen LogP contribution in [0.2, 0.25) is 0 Å².